The third-order valence-electron chi connectivity index (χ3n) is 3.59. The fourth-order valence-corrected chi connectivity index (χ4v) is 2.34. The Hall–Kier alpha value is -2.29. The average Bonchev–Trinajstić information content (AvgIpc) is 2.54. The van der Waals surface area contributed by atoms with Crippen LogP contribution in [0.3, 0.4) is 0 Å². The van der Waals surface area contributed by atoms with Crippen LogP contribution in [0.1, 0.15) is 12.8 Å². The molecule has 0 unspecified atom stereocenters. The van der Waals surface area contributed by atoms with E-state index in [2.05, 4.69) is 10.2 Å². The lowest BCUT2D eigenvalue weighted by Crippen LogP contribution is -2.45. The number of alkyl halides is 3. The first-order valence-corrected chi connectivity index (χ1v) is 7.44. The summed E-state index contributed by atoms with van der Waals surface area (Å²) in [5.41, 5.74) is 2.48. The summed E-state index contributed by atoms with van der Waals surface area (Å²) in [7, 11) is 0. The highest BCUT2D eigenvalue weighted by Gasteiger charge is 2.30. The largest absolute Gasteiger partial charge is 0.414 e. The van der Waals surface area contributed by atoms with E-state index in [0.717, 1.165) is 0 Å². The van der Waals surface area contributed by atoms with Gasteiger partial charge in [0.15, 0.2) is 6.61 Å². The fraction of sp³-hybridized carbons (Fsp3) is 0.467. The zero-order valence-electron chi connectivity index (χ0n) is 12.8. The molecule has 2 N–H and O–H groups in total. The van der Waals surface area contributed by atoms with Crippen LogP contribution in [0.15, 0.2) is 30.3 Å². The van der Waals surface area contributed by atoms with Crippen LogP contribution in [-0.2, 0) is 9.63 Å². The Morgan fingerprint density at radius 1 is 1.17 bits per heavy atom. The van der Waals surface area contributed by atoms with E-state index in [9.17, 15) is 22.8 Å². The van der Waals surface area contributed by atoms with Crippen molar-refractivity contribution in [2.24, 2.45) is 5.92 Å². The first-order chi connectivity index (χ1) is 11.3. The second-order valence-electron chi connectivity index (χ2n) is 5.43. The predicted molar refractivity (Wildman–Crippen MR) is 79.9 cm³/mol. The predicted octanol–water partition coefficient (Wildman–Crippen LogP) is 2.54. The van der Waals surface area contributed by atoms with Crippen LogP contribution >= 0.6 is 0 Å². The molecule has 1 saturated heterocycles. The normalized spacial score (nSPS) is 15.9. The van der Waals surface area contributed by atoms with Gasteiger partial charge in [-0.3, -0.25) is 9.63 Å². The summed E-state index contributed by atoms with van der Waals surface area (Å²) < 4.78 is 35.8. The van der Waals surface area contributed by atoms with Gasteiger partial charge in [-0.1, -0.05) is 18.2 Å². The number of carbonyl (C=O) groups is 2. The van der Waals surface area contributed by atoms with Crippen molar-refractivity contribution in [2.75, 3.05) is 25.0 Å². The summed E-state index contributed by atoms with van der Waals surface area (Å²) >= 11 is 0. The molecule has 0 spiro atoms. The number of para-hydroxylation sites is 1. The van der Waals surface area contributed by atoms with Gasteiger partial charge in [-0.25, -0.2) is 10.3 Å². The second kappa shape index (κ2) is 8.00. The smallest absolute Gasteiger partial charge is 0.324 e. The Labute approximate surface area is 136 Å². The highest BCUT2D eigenvalue weighted by molar-refractivity contribution is 5.89. The molecule has 0 radical (unpaired) electrons. The van der Waals surface area contributed by atoms with Crippen LogP contribution in [0, 0.1) is 5.92 Å². The molecule has 0 aliphatic carbocycles. The molecule has 6 nitrogen and oxygen atoms in total. The molecule has 0 aromatic heterocycles. The molecule has 1 aromatic carbocycles. The molecule has 0 atom stereocenters. The fourth-order valence-electron chi connectivity index (χ4n) is 2.34. The number of halogens is 3. The molecule has 0 bridgehead atoms. The quantitative estimate of drug-likeness (QED) is 0.824. The lowest BCUT2D eigenvalue weighted by Gasteiger charge is -2.31. The van der Waals surface area contributed by atoms with Gasteiger partial charge in [0.1, 0.15) is 0 Å². The molecular formula is C15H18F3N3O3. The first kappa shape index (κ1) is 18.1. The molecule has 1 aliphatic heterocycles. The van der Waals surface area contributed by atoms with Crippen molar-refractivity contribution in [3.8, 4) is 0 Å². The van der Waals surface area contributed by atoms with Crippen LogP contribution in [-0.4, -0.2) is 42.7 Å². The number of benzene rings is 1. The van der Waals surface area contributed by atoms with Crippen LogP contribution in [0.25, 0.3) is 0 Å². The van der Waals surface area contributed by atoms with E-state index < -0.39 is 24.6 Å². The van der Waals surface area contributed by atoms with Crippen molar-refractivity contribution in [3.05, 3.63) is 30.3 Å². The van der Waals surface area contributed by atoms with Crippen LogP contribution in [0.4, 0.5) is 23.7 Å². The number of likely N-dealkylation sites (tertiary alicyclic amines) is 1. The molecule has 1 aliphatic rings. The maximum Gasteiger partial charge on any atom is 0.414 e. The maximum absolute atomic E-state index is 12.1. The molecule has 2 rings (SSSR count). The molecule has 132 valence electrons. The van der Waals surface area contributed by atoms with Gasteiger partial charge in [-0.15, -0.1) is 0 Å². The van der Waals surface area contributed by atoms with Gasteiger partial charge < -0.3 is 10.2 Å². The van der Waals surface area contributed by atoms with E-state index in [1.807, 2.05) is 11.5 Å². The number of hydroxylamine groups is 1. The summed E-state index contributed by atoms with van der Waals surface area (Å²) in [5.74, 6) is -1.07. The molecule has 1 heterocycles. The third-order valence-corrected chi connectivity index (χ3v) is 3.59. The van der Waals surface area contributed by atoms with E-state index in [1.165, 1.54) is 0 Å². The molecule has 1 aromatic rings. The minimum atomic E-state index is -4.49. The van der Waals surface area contributed by atoms with Gasteiger partial charge in [0.25, 0.3) is 0 Å². The Morgan fingerprint density at radius 3 is 2.38 bits per heavy atom. The highest BCUT2D eigenvalue weighted by Crippen LogP contribution is 2.19. The number of amides is 3. The monoisotopic (exact) mass is 345 g/mol. The maximum atomic E-state index is 12.1. The van der Waals surface area contributed by atoms with E-state index in [4.69, 9.17) is 0 Å². The van der Waals surface area contributed by atoms with Crippen molar-refractivity contribution in [1.82, 2.24) is 10.4 Å². The molecule has 24 heavy (non-hydrogen) atoms. The van der Waals surface area contributed by atoms with Crippen LogP contribution in [0.5, 0.6) is 0 Å². The van der Waals surface area contributed by atoms with Gasteiger partial charge in [-0.05, 0) is 25.0 Å². The number of carbonyl (C=O) groups excluding carboxylic acids is 2. The molecular weight excluding hydrogens is 327 g/mol. The minimum absolute atomic E-state index is 0.270. The number of piperidine rings is 1. The van der Waals surface area contributed by atoms with Gasteiger partial charge in [0, 0.05) is 24.7 Å². The summed E-state index contributed by atoms with van der Waals surface area (Å²) in [4.78, 5) is 29.5. The average molecular weight is 345 g/mol. The minimum Gasteiger partial charge on any atom is -0.324 e. The number of hydrogen-bond donors (Lipinski definition) is 2. The number of nitrogens with zero attached hydrogens (tertiary/aromatic N) is 1. The van der Waals surface area contributed by atoms with Crippen molar-refractivity contribution in [3.63, 3.8) is 0 Å². The third kappa shape index (κ3) is 5.73. The zero-order valence-corrected chi connectivity index (χ0v) is 12.8. The van der Waals surface area contributed by atoms with Gasteiger partial charge >= 0.3 is 12.2 Å². The van der Waals surface area contributed by atoms with Crippen LogP contribution < -0.4 is 10.8 Å². The van der Waals surface area contributed by atoms with Gasteiger partial charge in [0.2, 0.25) is 5.91 Å². The number of rotatable bonds is 4. The van der Waals surface area contributed by atoms with Gasteiger partial charge in [0.05, 0.1) is 0 Å². The van der Waals surface area contributed by atoms with E-state index in [0.29, 0.717) is 31.6 Å². The van der Waals surface area contributed by atoms with Gasteiger partial charge in [-0.2, -0.15) is 13.2 Å². The summed E-state index contributed by atoms with van der Waals surface area (Å²) in [6.07, 6.45) is -3.76. The highest BCUT2D eigenvalue weighted by atomic mass is 19.4. The molecule has 0 saturated carbocycles. The van der Waals surface area contributed by atoms with Crippen molar-refractivity contribution < 1.29 is 27.6 Å². The Morgan fingerprint density at radius 2 is 1.79 bits per heavy atom. The first-order valence-electron chi connectivity index (χ1n) is 7.44. The Bertz CT molecular complexity index is 558. The second-order valence-corrected chi connectivity index (χ2v) is 5.43. The molecule has 3 amide bonds. The SMILES string of the molecule is O=C(NOCC(F)(F)F)C1CCN(C(=O)Nc2ccccc2)CC1. The Balaban J connectivity index is 1.72. The van der Waals surface area contributed by atoms with Crippen molar-refractivity contribution >= 4 is 17.6 Å². The summed E-state index contributed by atoms with van der Waals surface area (Å²) in [6, 6.07) is 8.68. The summed E-state index contributed by atoms with van der Waals surface area (Å²) in [6.45, 7) is -0.844. The zero-order chi connectivity index (χ0) is 17.6. The Kier molecular flexibility index (Phi) is 6.02. The van der Waals surface area contributed by atoms with Crippen molar-refractivity contribution in [2.45, 2.75) is 19.0 Å². The lowest BCUT2D eigenvalue weighted by molar-refractivity contribution is -0.193. The number of nitrogens with one attached hydrogen (secondary N) is 2. The number of hydrogen-bond acceptors (Lipinski definition) is 3. The van der Waals surface area contributed by atoms with E-state index in [-0.39, 0.29) is 6.03 Å². The van der Waals surface area contributed by atoms with Crippen LogP contribution in [0.2, 0.25) is 0 Å². The lowest BCUT2D eigenvalue weighted by atomic mass is 9.96. The molecule has 9 heteroatoms. The van der Waals surface area contributed by atoms with E-state index in [1.54, 1.807) is 29.2 Å². The molecule has 1 fully saturated rings. The van der Waals surface area contributed by atoms with Crippen molar-refractivity contribution in [1.29, 1.82) is 0 Å². The number of anilines is 1. The van der Waals surface area contributed by atoms with E-state index >= 15 is 0 Å². The summed E-state index contributed by atoms with van der Waals surface area (Å²) in [5, 5.41) is 2.74. The number of urea groups is 1. The standard InChI is InChI=1S/C15H18F3N3O3/c16-15(17,18)10-24-20-13(22)11-6-8-21(9-7-11)14(23)19-12-4-2-1-3-5-12/h1-5,11H,6-10H2,(H,19,23)(H,20,22). The topological polar surface area (TPSA) is 70.7 Å².